The van der Waals surface area contributed by atoms with Crippen molar-refractivity contribution < 1.29 is 9.53 Å². The number of benzene rings is 1. The van der Waals surface area contributed by atoms with E-state index >= 15 is 0 Å². The van der Waals surface area contributed by atoms with Gasteiger partial charge in [0, 0.05) is 38.9 Å². The maximum Gasteiger partial charge on any atom is 0.252 e. The topological polar surface area (TPSA) is 56.2 Å². The van der Waals surface area contributed by atoms with E-state index in [9.17, 15) is 4.79 Å². The lowest BCUT2D eigenvalue weighted by Gasteiger charge is -2.30. The molecule has 1 aliphatic rings. The summed E-state index contributed by atoms with van der Waals surface area (Å²) < 4.78 is 7.26. The number of aromatic nitrogens is 2. The molecular formula is C18H21Cl2N3O2. The van der Waals surface area contributed by atoms with Gasteiger partial charge in [0.25, 0.3) is 5.91 Å². The van der Waals surface area contributed by atoms with Crippen molar-refractivity contribution in [1.29, 1.82) is 0 Å². The molecule has 134 valence electrons. The van der Waals surface area contributed by atoms with Crippen molar-refractivity contribution in [2.75, 3.05) is 19.8 Å². The maximum absolute atomic E-state index is 12.5. The highest BCUT2D eigenvalue weighted by atomic mass is 35.5. The standard InChI is InChI=1S/C18H21Cl2N3O2/c1-23-11-13(9-22-23)15(12-5-7-25-8-6-12)10-21-18(24)14-3-2-4-16(19)17(14)20/h2-4,9,11-12,15H,5-8,10H2,1H3,(H,21,24). The molecule has 2 aromatic rings. The average molecular weight is 382 g/mol. The minimum Gasteiger partial charge on any atom is -0.381 e. The first kappa shape index (κ1) is 18.2. The van der Waals surface area contributed by atoms with Crippen LogP contribution < -0.4 is 5.32 Å². The predicted molar refractivity (Wildman–Crippen MR) is 98.3 cm³/mol. The van der Waals surface area contributed by atoms with Gasteiger partial charge in [-0.25, -0.2) is 0 Å². The lowest BCUT2D eigenvalue weighted by molar-refractivity contribution is 0.0572. The Balaban J connectivity index is 1.74. The van der Waals surface area contributed by atoms with E-state index in [-0.39, 0.29) is 16.8 Å². The molecule has 1 N–H and O–H groups in total. The average Bonchev–Trinajstić information content (AvgIpc) is 3.04. The number of carbonyl (C=O) groups excluding carboxylic acids is 1. The molecule has 0 aliphatic carbocycles. The highest BCUT2D eigenvalue weighted by Crippen LogP contribution is 2.32. The minimum atomic E-state index is -0.214. The van der Waals surface area contributed by atoms with Crippen LogP contribution in [0.25, 0.3) is 0 Å². The van der Waals surface area contributed by atoms with Gasteiger partial charge in [-0.1, -0.05) is 29.3 Å². The Morgan fingerprint density at radius 2 is 2.16 bits per heavy atom. The quantitative estimate of drug-likeness (QED) is 0.859. The Morgan fingerprint density at radius 3 is 2.84 bits per heavy atom. The molecule has 0 saturated carbocycles. The molecule has 2 heterocycles. The van der Waals surface area contributed by atoms with Crippen molar-refractivity contribution in [1.82, 2.24) is 15.1 Å². The van der Waals surface area contributed by atoms with Crippen LogP contribution >= 0.6 is 23.2 Å². The van der Waals surface area contributed by atoms with Gasteiger partial charge in [0.2, 0.25) is 0 Å². The molecule has 3 rings (SSSR count). The Kier molecular flexibility index (Phi) is 5.99. The third-order valence-electron chi connectivity index (χ3n) is 4.67. The number of aryl methyl sites for hydroxylation is 1. The first-order valence-electron chi connectivity index (χ1n) is 8.34. The van der Waals surface area contributed by atoms with Crippen LogP contribution in [-0.4, -0.2) is 35.4 Å². The normalized spacial score (nSPS) is 16.6. The Hall–Kier alpha value is -1.56. The van der Waals surface area contributed by atoms with Gasteiger partial charge in [-0.2, -0.15) is 5.10 Å². The summed E-state index contributed by atoms with van der Waals surface area (Å²) in [6, 6.07) is 5.07. The summed E-state index contributed by atoms with van der Waals surface area (Å²) in [6.07, 6.45) is 5.85. The van der Waals surface area contributed by atoms with Gasteiger partial charge in [-0.15, -0.1) is 0 Å². The number of ether oxygens (including phenoxy) is 1. The summed E-state index contributed by atoms with van der Waals surface area (Å²) in [7, 11) is 1.90. The van der Waals surface area contributed by atoms with Crippen LogP contribution in [0.5, 0.6) is 0 Å². The van der Waals surface area contributed by atoms with Crippen molar-refractivity contribution in [3.8, 4) is 0 Å². The summed E-state index contributed by atoms with van der Waals surface area (Å²) in [5.74, 6) is 0.432. The first-order valence-corrected chi connectivity index (χ1v) is 9.10. The van der Waals surface area contributed by atoms with Crippen LogP contribution in [0, 0.1) is 5.92 Å². The van der Waals surface area contributed by atoms with Gasteiger partial charge in [0.15, 0.2) is 0 Å². The highest BCUT2D eigenvalue weighted by Gasteiger charge is 2.27. The number of carbonyl (C=O) groups is 1. The van der Waals surface area contributed by atoms with E-state index < -0.39 is 0 Å². The van der Waals surface area contributed by atoms with E-state index in [0.29, 0.717) is 23.0 Å². The summed E-state index contributed by atoms with van der Waals surface area (Å²) in [5, 5.41) is 7.95. The van der Waals surface area contributed by atoms with E-state index in [1.807, 2.05) is 19.4 Å². The Labute approximate surface area is 157 Å². The molecule has 25 heavy (non-hydrogen) atoms. The fourth-order valence-corrected chi connectivity index (χ4v) is 3.67. The first-order chi connectivity index (χ1) is 12.1. The SMILES string of the molecule is Cn1cc(C(CNC(=O)c2cccc(Cl)c2Cl)C2CCOCC2)cn1. The van der Waals surface area contributed by atoms with Crippen LogP contribution in [0.4, 0.5) is 0 Å². The molecule has 5 nitrogen and oxygen atoms in total. The Bertz CT molecular complexity index is 742. The molecular weight excluding hydrogens is 361 g/mol. The van der Waals surface area contributed by atoms with Gasteiger partial charge >= 0.3 is 0 Å². The molecule has 0 spiro atoms. The number of nitrogens with zero attached hydrogens (tertiary/aromatic N) is 2. The third kappa shape index (κ3) is 4.35. The zero-order chi connectivity index (χ0) is 17.8. The van der Waals surface area contributed by atoms with Gasteiger partial charge in [0.1, 0.15) is 0 Å². The number of nitrogens with one attached hydrogen (secondary N) is 1. The zero-order valence-corrected chi connectivity index (χ0v) is 15.6. The number of hydrogen-bond acceptors (Lipinski definition) is 3. The summed E-state index contributed by atoms with van der Waals surface area (Å²) in [4.78, 5) is 12.5. The van der Waals surface area contributed by atoms with Crippen LogP contribution in [0.3, 0.4) is 0 Å². The van der Waals surface area contributed by atoms with Crippen molar-refractivity contribution in [3.63, 3.8) is 0 Å². The van der Waals surface area contributed by atoms with Crippen LogP contribution in [0.2, 0.25) is 10.0 Å². The smallest absolute Gasteiger partial charge is 0.252 e. The molecule has 0 radical (unpaired) electrons. The van der Waals surface area contributed by atoms with Crippen molar-refractivity contribution in [2.24, 2.45) is 13.0 Å². The van der Waals surface area contributed by atoms with Crippen LogP contribution in [-0.2, 0) is 11.8 Å². The molecule has 1 fully saturated rings. The molecule has 1 unspecified atom stereocenters. The van der Waals surface area contributed by atoms with E-state index in [1.54, 1.807) is 22.9 Å². The Morgan fingerprint density at radius 1 is 1.40 bits per heavy atom. The predicted octanol–water partition coefficient (Wildman–Crippen LogP) is 3.67. The van der Waals surface area contributed by atoms with Gasteiger partial charge in [-0.05, 0) is 36.5 Å². The van der Waals surface area contributed by atoms with E-state index in [0.717, 1.165) is 31.6 Å². The van der Waals surface area contributed by atoms with E-state index in [1.165, 1.54) is 0 Å². The molecule has 0 bridgehead atoms. The lowest BCUT2D eigenvalue weighted by Crippen LogP contribution is -2.33. The number of halogens is 2. The second kappa shape index (κ2) is 8.21. The van der Waals surface area contributed by atoms with E-state index in [4.69, 9.17) is 27.9 Å². The minimum absolute atomic E-state index is 0.194. The number of amides is 1. The van der Waals surface area contributed by atoms with Crippen LogP contribution in [0.1, 0.15) is 34.7 Å². The molecule has 1 aromatic carbocycles. The van der Waals surface area contributed by atoms with Gasteiger partial charge in [-0.3, -0.25) is 9.48 Å². The van der Waals surface area contributed by atoms with Crippen molar-refractivity contribution >= 4 is 29.1 Å². The highest BCUT2D eigenvalue weighted by molar-refractivity contribution is 6.43. The van der Waals surface area contributed by atoms with E-state index in [2.05, 4.69) is 10.4 Å². The van der Waals surface area contributed by atoms with Gasteiger partial charge < -0.3 is 10.1 Å². The van der Waals surface area contributed by atoms with Crippen molar-refractivity contribution in [2.45, 2.75) is 18.8 Å². The molecule has 7 heteroatoms. The summed E-state index contributed by atoms with van der Waals surface area (Å²) in [6.45, 7) is 2.04. The lowest BCUT2D eigenvalue weighted by atomic mass is 9.82. The monoisotopic (exact) mass is 381 g/mol. The molecule has 1 saturated heterocycles. The largest absolute Gasteiger partial charge is 0.381 e. The fraction of sp³-hybridized carbons (Fsp3) is 0.444. The molecule has 1 aliphatic heterocycles. The third-order valence-corrected chi connectivity index (χ3v) is 5.49. The summed E-state index contributed by atoms with van der Waals surface area (Å²) >= 11 is 12.2. The molecule has 1 atom stereocenters. The second-order valence-corrected chi connectivity index (χ2v) is 7.10. The maximum atomic E-state index is 12.5. The van der Waals surface area contributed by atoms with Gasteiger partial charge in [0.05, 0.1) is 21.8 Å². The molecule has 1 aromatic heterocycles. The number of rotatable bonds is 5. The number of hydrogen-bond donors (Lipinski definition) is 1. The van der Waals surface area contributed by atoms with Crippen molar-refractivity contribution in [3.05, 3.63) is 51.8 Å². The zero-order valence-electron chi connectivity index (χ0n) is 14.0. The molecule has 1 amide bonds. The fourth-order valence-electron chi connectivity index (χ4n) is 3.28. The summed E-state index contributed by atoms with van der Waals surface area (Å²) in [5.41, 5.74) is 1.53. The van der Waals surface area contributed by atoms with Crippen LogP contribution in [0.15, 0.2) is 30.6 Å². The second-order valence-electron chi connectivity index (χ2n) is 6.32.